The molecule has 5 nitrogen and oxygen atoms in total. The number of aryl methyl sites for hydroxylation is 1. The van der Waals surface area contributed by atoms with Crippen LogP contribution >= 0.6 is 0 Å². The molecule has 0 amide bonds. The minimum Gasteiger partial charge on any atom is -0.384 e. The maximum Gasteiger partial charge on any atom is 0.180 e. The third kappa shape index (κ3) is 1.75. The molecular formula is C6H12N4O. The van der Waals surface area contributed by atoms with Gasteiger partial charge in [-0.2, -0.15) is 5.10 Å². The molecule has 1 aromatic heterocycles. The molecule has 5 heteroatoms. The molecule has 11 heavy (non-hydrogen) atoms. The highest BCUT2D eigenvalue weighted by Crippen LogP contribution is 2.04. The average Bonchev–Trinajstić information content (AvgIpc) is 2.50. The van der Waals surface area contributed by atoms with E-state index in [1.54, 1.807) is 0 Å². The van der Waals surface area contributed by atoms with Crippen molar-refractivity contribution in [2.75, 3.05) is 6.54 Å². The maximum atomic E-state index is 9.17. The van der Waals surface area contributed by atoms with Crippen molar-refractivity contribution in [3.8, 4) is 0 Å². The largest absolute Gasteiger partial charge is 0.384 e. The lowest BCUT2D eigenvalue weighted by Gasteiger charge is -1.98. The minimum atomic E-state index is -0.744. The van der Waals surface area contributed by atoms with E-state index < -0.39 is 6.10 Å². The fourth-order valence-corrected chi connectivity index (χ4v) is 0.723. The molecule has 0 spiro atoms. The van der Waals surface area contributed by atoms with Gasteiger partial charge in [0.25, 0.3) is 0 Å². The molecular weight excluding hydrogens is 144 g/mol. The molecule has 0 unspecified atom stereocenters. The monoisotopic (exact) mass is 156 g/mol. The van der Waals surface area contributed by atoms with Gasteiger partial charge < -0.3 is 10.8 Å². The van der Waals surface area contributed by atoms with E-state index in [1.807, 2.05) is 6.92 Å². The molecule has 4 N–H and O–H groups in total. The first kappa shape index (κ1) is 8.16. The second kappa shape index (κ2) is 3.45. The quantitative estimate of drug-likeness (QED) is 0.543. The van der Waals surface area contributed by atoms with Crippen LogP contribution in [0, 0.1) is 0 Å². The van der Waals surface area contributed by atoms with E-state index in [0.717, 1.165) is 12.2 Å². The van der Waals surface area contributed by atoms with Crippen molar-refractivity contribution in [2.45, 2.75) is 19.4 Å². The molecule has 1 aromatic rings. The number of hydrogen-bond acceptors (Lipinski definition) is 4. The summed E-state index contributed by atoms with van der Waals surface area (Å²) >= 11 is 0. The summed E-state index contributed by atoms with van der Waals surface area (Å²) in [5, 5.41) is 15.7. The van der Waals surface area contributed by atoms with Gasteiger partial charge in [0, 0.05) is 13.0 Å². The average molecular weight is 156 g/mol. The Balaban J connectivity index is 2.71. The number of H-pyrrole nitrogens is 1. The van der Waals surface area contributed by atoms with Gasteiger partial charge in [0.2, 0.25) is 0 Å². The van der Waals surface area contributed by atoms with Crippen molar-refractivity contribution in [3.05, 3.63) is 11.6 Å². The zero-order valence-electron chi connectivity index (χ0n) is 6.41. The van der Waals surface area contributed by atoms with E-state index in [4.69, 9.17) is 10.8 Å². The summed E-state index contributed by atoms with van der Waals surface area (Å²) in [6.07, 6.45) is 0.0381. The van der Waals surface area contributed by atoms with Crippen LogP contribution in [-0.2, 0) is 6.42 Å². The van der Waals surface area contributed by atoms with Gasteiger partial charge in [0.15, 0.2) is 5.82 Å². The van der Waals surface area contributed by atoms with E-state index >= 15 is 0 Å². The number of nitrogens with two attached hydrogens (primary N) is 1. The third-order valence-corrected chi connectivity index (χ3v) is 1.41. The normalized spacial score (nSPS) is 13.4. The number of aliphatic hydroxyl groups is 1. The Kier molecular flexibility index (Phi) is 2.56. The summed E-state index contributed by atoms with van der Waals surface area (Å²) in [5.41, 5.74) is 5.21. The zero-order valence-corrected chi connectivity index (χ0v) is 6.41. The van der Waals surface area contributed by atoms with Crippen LogP contribution in [0.3, 0.4) is 0 Å². The van der Waals surface area contributed by atoms with Gasteiger partial charge in [-0.3, -0.25) is 5.10 Å². The van der Waals surface area contributed by atoms with Crippen molar-refractivity contribution in [1.29, 1.82) is 0 Å². The molecule has 0 radical (unpaired) electrons. The van der Waals surface area contributed by atoms with Crippen molar-refractivity contribution in [3.63, 3.8) is 0 Å². The Morgan fingerprint density at radius 1 is 1.73 bits per heavy atom. The van der Waals surface area contributed by atoms with Crippen molar-refractivity contribution in [2.24, 2.45) is 5.73 Å². The second-order valence-corrected chi connectivity index (χ2v) is 2.25. The van der Waals surface area contributed by atoms with Crippen LogP contribution in [0.15, 0.2) is 0 Å². The topological polar surface area (TPSA) is 87.8 Å². The Hall–Kier alpha value is -0.940. The van der Waals surface area contributed by atoms with Crippen LogP contribution in [0.4, 0.5) is 0 Å². The number of nitrogens with zero attached hydrogens (tertiary/aromatic N) is 2. The predicted molar refractivity (Wildman–Crippen MR) is 39.8 cm³/mol. The summed E-state index contributed by atoms with van der Waals surface area (Å²) in [6.45, 7) is 2.11. The SMILES string of the molecule is CCc1nc([C@@H](O)CN)n[nH]1. The van der Waals surface area contributed by atoms with Crippen molar-refractivity contribution in [1.82, 2.24) is 15.2 Å². The molecule has 0 aliphatic heterocycles. The summed E-state index contributed by atoms with van der Waals surface area (Å²) in [6, 6.07) is 0. The third-order valence-electron chi connectivity index (χ3n) is 1.41. The molecule has 0 fully saturated rings. The molecule has 0 saturated carbocycles. The molecule has 1 rings (SSSR count). The molecule has 62 valence electrons. The Labute approximate surface area is 64.6 Å². The van der Waals surface area contributed by atoms with Crippen LogP contribution in [0.5, 0.6) is 0 Å². The van der Waals surface area contributed by atoms with E-state index in [2.05, 4.69) is 15.2 Å². The molecule has 0 saturated heterocycles. The molecule has 1 atom stereocenters. The molecule has 0 aliphatic rings. The van der Waals surface area contributed by atoms with E-state index in [9.17, 15) is 0 Å². The van der Waals surface area contributed by atoms with Gasteiger partial charge in [-0.1, -0.05) is 6.92 Å². The number of hydrogen-bond donors (Lipinski definition) is 3. The number of nitrogens with one attached hydrogen (secondary N) is 1. The lowest BCUT2D eigenvalue weighted by Crippen LogP contribution is -2.12. The first-order valence-electron chi connectivity index (χ1n) is 3.57. The summed E-state index contributed by atoms with van der Waals surface area (Å²) in [5.74, 6) is 1.15. The molecule has 0 aliphatic carbocycles. The van der Waals surface area contributed by atoms with Crippen LogP contribution in [0.2, 0.25) is 0 Å². The fourth-order valence-electron chi connectivity index (χ4n) is 0.723. The van der Waals surface area contributed by atoms with Crippen LogP contribution in [0.25, 0.3) is 0 Å². The van der Waals surface area contributed by atoms with Crippen LogP contribution in [0.1, 0.15) is 24.7 Å². The smallest absolute Gasteiger partial charge is 0.180 e. The number of aliphatic hydroxyl groups excluding tert-OH is 1. The lowest BCUT2D eigenvalue weighted by molar-refractivity contribution is 0.177. The zero-order chi connectivity index (χ0) is 8.27. The summed E-state index contributed by atoms with van der Waals surface area (Å²) in [7, 11) is 0. The highest BCUT2D eigenvalue weighted by molar-refractivity contribution is 4.93. The lowest BCUT2D eigenvalue weighted by atomic mass is 10.3. The van der Waals surface area contributed by atoms with Gasteiger partial charge in [0.1, 0.15) is 11.9 Å². The standard InChI is InChI=1S/C6H12N4O/c1-2-5-8-6(10-9-5)4(11)3-7/h4,11H,2-3,7H2,1H3,(H,8,9,10)/t4-/m0/s1. The van der Waals surface area contributed by atoms with Gasteiger partial charge in [0.05, 0.1) is 0 Å². The number of aromatic amines is 1. The van der Waals surface area contributed by atoms with E-state index in [-0.39, 0.29) is 6.54 Å². The van der Waals surface area contributed by atoms with Gasteiger partial charge in [-0.25, -0.2) is 4.98 Å². The van der Waals surface area contributed by atoms with Gasteiger partial charge in [-0.15, -0.1) is 0 Å². The number of rotatable bonds is 3. The second-order valence-electron chi connectivity index (χ2n) is 2.25. The molecule has 0 bridgehead atoms. The van der Waals surface area contributed by atoms with Gasteiger partial charge >= 0.3 is 0 Å². The van der Waals surface area contributed by atoms with E-state index in [1.165, 1.54) is 0 Å². The van der Waals surface area contributed by atoms with Crippen LogP contribution < -0.4 is 5.73 Å². The maximum absolute atomic E-state index is 9.17. The van der Waals surface area contributed by atoms with Crippen molar-refractivity contribution >= 4 is 0 Å². The first-order valence-corrected chi connectivity index (χ1v) is 3.57. The molecule has 1 heterocycles. The molecule has 0 aromatic carbocycles. The Morgan fingerprint density at radius 2 is 2.45 bits per heavy atom. The Bertz CT molecular complexity index is 222. The van der Waals surface area contributed by atoms with Gasteiger partial charge in [-0.05, 0) is 0 Å². The summed E-state index contributed by atoms with van der Waals surface area (Å²) in [4.78, 5) is 4.00. The Morgan fingerprint density at radius 3 is 2.91 bits per heavy atom. The van der Waals surface area contributed by atoms with Crippen molar-refractivity contribution < 1.29 is 5.11 Å². The first-order chi connectivity index (χ1) is 5.27. The van der Waals surface area contributed by atoms with Crippen LogP contribution in [-0.4, -0.2) is 26.8 Å². The fraction of sp³-hybridized carbons (Fsp3) is 0.667. The minimum absolute atomic E-state index is 0.154. The predicted octanol–water partition coefficient (Wildman–Crippen LogP) is -0.641. The highest BCUT2D eigenvalue weighted by atomic mass is 16.3. The summed E-state index contributed by atoms with van der Waals surface area (Å²) < 4.78 is 0. The highest BCUT2D eigenvalue weighted by Gasteiger charge is 2.09. The van der Waals surface area contributed by atoms with E-state index in [0.29, 0.717) is 5.82 Å². The number of aromatic nitrogens is 3.